The Morgan fingerprint density at radius 2 is 1.53 bits per heavy atom. The SMILES string of the molecule is Cc1cc(C(=O)Nc2ccc(S(C)(=O)=O)cc2)c(C)n1-c1ccccc1C(=O)NC1CCC(C(=O)O)CC1. The highest BCUT2D eigenvalue weighted by atomic mass is 32.2. The van der Waals surface area contributed by atoms with E-state index in [0.29, 0.717) is 53.9 Å². The fourth-order valence-electron chi connectivity index (χ4n) is 4.96. The molecule has 0 saturated heterocycles. The third-order valence-corrected chi connectivity index (χ3v) is 8.15. The summed E-state index contributed by atoms with van der Waals surface area (Å²) in [7, 11) is -3.34. The first kappa shape index (κ1) is 27.1. The van der Waals surface area contributed by atoms with Gasteiger partial charge in [0.1, 0.15) is 0 Å². The number of anilines is 1. The van der Waals surface area contributed by atoms with Crippen LogP contribution >= 0.6 is 0 Å². The highest BCUT2D eigenvalue weighted by Gasteiger charge is 2.28. The van der Waals surface area contributed by atoms with Gasteiger partial charge in [0, 0.05) is 29.4 Å². The molecule has 1 saturated carbocycles. The number of hydrogen-bond donors (Lipinski definition) is 3. The van der Waals surface area contributed by atoms with E-state index < -0.39 is 15.8 Å². The van der Waals surface area contributed by atoms with Gasteiger partial charge in [0.15, 0.2) is 9.84 Å². The first-order valence-electron chi connectivity index (χ1n) is 12.4. The third-order valence-electron chi connectivity index (χ3n) is 7.02. The van der Waals surface area contributed by atoms with Crippen molar-refractivity contribution in [3.05, 3.63) is 77.1 Å². The molecular weight excluding hydrogens is 506 g/mol. The summed E-state index contributed by atoms with van der Waals surface area (Å²) in [4.78, 5) is 37.8. The van der Waals surface area contributed by atoms with Crippen LogP contribution in [0.2, 0.25) is 0 Å². The molecule has 2 aromatic carbocycles. The molecule has 0 spiro atoms. The van der Waals surface area contributed by atoms with E-state index in [4.69, 9.17) is 0 Å². The van der Waals surface area contributed by atoms with Crippen molar-refractivity contribution in [1.82, 2.24) is 9.88 Å². The Labute approximate surface area is 221 Å². The Kier molecular flexibility index (Phi) is 7.73. The molecule has 4 rings (SSSR count). The number of rotatable bonds is 7. The maximum absolute atomic E-state index is 13.3. The molecule has 10 heteroatoms. The third kappa shape index (κ3) is 5.80. The van der Waals surface area contributed by atoms with Crippen LogP contribution < -0.4 is 10.6 Å². The number of aliphatic carboxylic acids is 1. The summed E-state index contributed by atoms with van der Waals surface area (Å²) in [6.45, 7) is 3.66. The molecule has 1 aliphatic carbocycles. The number of para-hydroxylation sites is 1. The second kappa shape index (κ2) is 10.8. The quantitative estimate of drug-likeness (QED) is 0.415. The number of aromatic nitrogens is 1. The molecule has 0 unspecified atom stereocenters. The van der Waals surface area contributed by atoms with Crippen molar-refractivity contribution in [2.45, 2.75) is 50.5 Å². The zero-order chi connectivity index (χ0) is 27.6. The van der Waals surface area contributed by atoms with E-state index in [0.717, 1.165) is 11.9 Å². The lowest BCUT2D eigenvalue weighted by Gasteiger charge is -2.27. The number of sulfone groups is 1. The fraction of sp³-hybridized carbons (Fsp3) is 0.321. The van der Waals surface area contributed by atoms with Crippen LogP contribution in [0.15, 0.2) is 59.5 Å². The summed E-state index contributed by atoms with van der Waals surface area (Å²) in [6, 6.07) is 14.8. The number of carboxylic acid groups (broad SMARTS) is 1. The second-order valence-corrected chi connectivity index (χ2v) is 11.8. The standard InChI is InChI=1S/C28H31N3O6S/c1-17-16-24(27(33)30-21-12-14-22(15-13-21)38(3,36)37)18(2)31(17)25-7-5-4-6-23(25)26(32)29-20-10-8-19(9-11-20)28(34)35/h4-7,12-16,19-20H,8-11H2,1-3H3,(H,29,32)(H,30,33)(H,34,35). The predicted octanol–water partition coefficient (Wildman–Crippen LogP) is 4.12. The molecule has 1 aliphatic rings. The normalized spacial score (nSPS) is 17.6. The van der Waals surface area contributed by atoms with Gasteiger partial charge >= 0.3 is 5.97 Å². The van der Waals surface area contributed by atoms with Crippen molar-refractivity contribution < 1.29 is 27.9 Å². The second-order valence-electron chi connectivity index (χ2n) is 9.75. The molecule has 38 heavy (non-hydrogen) atoms. The monoisotopic (exact) mass is 537 g/mol. The Hall–Kier alpha value is -3.92. The average molecular weight is 538 g/mol. The van der Waals surface area contributed by atoms with Crippen LogP contribution in [0.3, 0.4) is 0 Å². The summed E-state index contributed by atoms with van der Waals surface area (Å²) in [6.07, 6.45) is 3.42. The molecule has 0 bridgehead atoms. The summed E-state index contributed by atoms with van der Waals surface area (Å²) in [5.74, 6) is -1.75. The number of carboxylic acids is 1. The van der Waals surface area contributed by atoms with E-state index in [1.807, 2.05) is 23.6 Å². The average Bonchev–Trinajstić information content (AvgIpc) is 3.17. The number of hydrogen-bond acceptors (Lipinski definition) is 5. The molecule has 0 radical (unpaired) electrons. The van der Waals surface area contributed by atoms with Gasteiger partial charge in [-0.2, -0.15) is 0 Å². The van der Waals surface area contributed by atoms with Crippen molar-refractivity contribution in [2.75, 3.05) is 11.6 Å². The number of carbonyl (C=O) groups is 3. The molecule has 3 N–H and O–H groups in total. The van der Waals surface area contributed by atoms with Gasteiger partial charge in [0.05, 0.1) is 27.6 Å². The van der Waals surface area contributed by atoms with Gasteiger partial charge < -0.3 is 20.3 Å². The van der Waals surface area contributed by atoms with Crippen molar-refractivity contribution in [2.24, 2.45) is 5.92 Å². The lowest BCUT2D eigenvalue weighted by atomic mass is 9.86. The van der Waals surface area contributed by atoms with Crippen LogP contribution in [0.5, 0.6) is 0 Å². The van der Waals surface area contributed by atoms with Crippen LogP contribution in [0, 0.1) is 19.8 Å². The number of benzene rings is 2. The highest BCUT2D eigenvalue weighted by Crippen LogP contribution is 2.27. The number of amides is 2. The fourth-order valence-corrected chi connectivity index (χ4v) is 5.59. The highest BCUT2D eigenvalue weighted by molar-refractivity contribution is 7.90. The van der Waals surface area contributed by atoms with Crippen LogP contribution in [-0.4, -0.2) is 48.2 Å². The van der Waals surface area contributed by atoms with E-state index in [1.54, 1.807) is 25.1 Å². The largest absolute Gasteiger partial charge is 0.481 e. The lowest BCUT2D eigenvalue weighted by molar-refractivity contribution is -0.142. The number of nitrogens with zero attached hydrogens (tertiary/aromatic N) is 1. The number of nitrogens with one attached hydrogen (secondary N) is 2. The number of aryl methyl sites for hydroxylation is 1. The molecule has 1 heterocycles. The lowest BCUT2D eigenvalue weighted by Crippen LogP contribution is -2.39. The molecule has 0 atom stereocenters. The Bertz CT molecular complexity index is 1480. The van der Waals surface area contributed by atoms with Crippen LogP contribution in [0.4, 0.5) is 5.69 Å². The minimum absolute atomic E-state index is 0.0894. The maximum Gasteiger partial charge on any atom is 0.306 e. The molecule has 9 nitrogen and oxygen atoms in total. The minimum Gasteiger partial charge on any atom is -0.481 e. The molecule has 1 aromatic heterocycles. The molecular formula is C28H31N3O6S. The maximum atomic E-state index is 13.3. The molecule has 3 aromatic rings. The van der Waals surface area contributed by atoms with E-state index >= 15 is 0 Å². The van der Waals surface area contributed by atoms with Crippen molar-refractivity contribution in [3.8, 4) is 5.69 Å². The molecule has 2 amide bonds. The van der Waals surface area contributed by atoms with Gasteiger partial charge in [0.2, 0.25) is 0 Å². The van der Waals surface area contributed by atoms with Crippen LogP contribution in [-0.2, 0) is 14.6 Å². The van der Waals surface area contributed by atoms with Gasteiger partial charge in [-0.05, 0) is 82.0 Å². The summed E-state index contributed by atoms with van der Waals surface area (Å²) >= 11 is 0. The summed E-state index contributed by atoms with van der Waals surface area (Å²) in [5.41, 5.74) is 3.40. The first-order chi connectivity index (χ1) is 18.0. The van der Waals surface area contributed by atoms with Gasteiger partial charge in [0.25, 0.3) is 11.8 Å². The van der Waals surface area contributed by atoms with Crippen LogP contribution in [0.1, 0.15) is 57.8 Å². The summed E-state index contributed by atoms with van der Waals surface area (Å²) < 4.78 is 25.2. The minimum atomic E-state index is -3.34. The van der Waals surface area contributed by atoms with Gasteiger partial charge in [-0.1, -0.05) is 12.1 Å². The Morgan fingerprint density at radius 1 is 0.895 bits per heavy atom. The Balaban J connectivity index is 1.54. The van der Waals surface area contributed by atoms with E-state index in [9.17, 15) is 27.9 Å². The van der Waals surface area contributed by atoms with E-state index in [2.05, 4.69) is 10.6 Å². The number of carbonyl (C=O) groups excluding carboxylic acids is 2. The van der Waals surface area contributed by atoms with Gasteiger partial charge in [-0.3, -0.25) is 14.4 Å². The molecule has 1 fully saturated rings. The molecule has 200 valence electrons. The predicted molar refractivity (Wildman–Crippen MR) is 144 cm³/mol. The van der Waals surface area contributed by atoms with Gasteiger partial charge in [-0.15, -0.1) is 0 Å². The Morgan fingerprint density at radius 3 is 2.13 bits per heavy atom. The molecule has 0 aliphatic heterocycles. The van der Waals surface area contributed by atoms with E-state index in [-0.39, 0.29) is 28.7 Å². The summed E-state index contributed by atoms with van der Waals surface area (Å²) in [5, 5.41) is 15.1. The smallest absolute Gasteiger partial charge is 0.306 e. The van der Waals surface area contributed by atoms with Gasteiger partial charge in [-0.25, -0.2) is 8.42 Å². The van der Waals surface area contributed by atoms with E-state index in [1.165, 1.54) is 24.3 Å². The zero-order valence-electron chi connectivity index (χ0n) is 21.5. The zero-order valence-corrected chi connectivity index (χ0v) is 22.3. The topological polar surface area (TPSA) is 135 Å². The van der Waals surface area contributed by atoms with Crippen molar-refractivity contribution in [3.63, 3.8) is 0 Å². The first-order valence-corrected chi connectivity index (χ1v) is 14.3. The van der Waals surface area contributed by atoms with Crippen molar-refractivity contribution >= 4 is 33.3 Å². The van der Waals surface area contributed by atoms with Crippen LogP contribution in [0.25, 0.3) is 5.69 Å². The van der Waals surface area contributed by atoms with Crippen molar-refractivity contribution in [1.29, 1.82) is 0 Å².